The van der Waals surface area contributed by atoms with Gasteiger partial charge in [-0.05, 0) is 26.7 Å². The number of unbranched alkanes of at least 4 members (excludes halogenated alkanes) is 12. The van der Waals surface area contributed by atoms with Crippen LogP contribution in [0.3, 0.4) is 0 Å². The molecule has 0 amide bonds. The lowest BCUT2D eigenvalue weighted by atomic mass is 10.0. The molecule has 0 aromatic carbocycles. The SMILES string of the molecule is CC(CCCCCCCCCCCCCCCC(O)CC(=O)O)OC1OC(C)C(O)CC1O. The van der Waals surface area contributed by atoms with Crippen molar-refractivity contribution < 1.29 is 34.7 Å². The van der Waals surface area contributed by atoms with Crippen molar-refractivity contribution in [2.24, 2.45) is 0 Å². The molecule has 1 aliphatic rings. The normalized spacial score (nSPS) is 25.1. The summed E-state index contributed by atoms with van der Waals surface area (Å²) in [5, 5.41) is 37.8. The molecular weight excluding hydrogens is 424 g/mol. The van der Waals surface area contributed by atoms with Crippen LogP contribution in [0.15, 0.2) is 0 Å². The molecule has 1 aliphatic heterocycles. The van der Waals surface area contributed by atoms with Gasteiger partial charge in [0.2, 0.25) is 0 Å². The first-order chi connectivity index (χ1) is 15.8. The molecule has 4 N–H and O–H groups in total. The summed E-state index contributed by atoms with van der Waals surface area (Å²) >= 11 is 0. The second kappa shape index (κ2) is 18.6. The number of hydrogen-bond acceptors (Lipinski definition) is 6. The summed E-state index contributed by atoms with van der Waals surface area (Å²) in [6.07, 6.45) is 14.5. The standard InChI is InChI=1S/C26H50O7/c1-20(32-26-24(29)19-23(28)21(2)33-26)16-14-12-10-8-6-4-3-5-7-9-11-13-15-17-22(27)18-25(30)31/h20-24,26-29H,3-19H2,1-2H3,(H,30,31). The van der Waals surface area contributed by atoms with Gasteiger partial charge in [0.05, 0.1) is 30.8 Å². The van der Waals surface area contributed by atoms with E-state index in [9.17, 15) is 20.1 Å². The van der Waals surface area contributed by atoms with Crippen molar-refractivity contribution in [3.05, 3.63) is 0 Å². The minimum absolute atomic E-state index is 0.0434. The third kappa shape index (κ3) is 15.7. The quantitative estimate of drug-likeness (QED) is 0.185. The maximum atomic E-state index is 10.5. The molecule has 1 fully saturated rings. The highest BCUT2D eigenvalue weighted by Crippen LogP contribution is 2.23. The monoisotopic (exact) mass is 474 g/mol. The van der Waals surface area contributed by atoms with Crippen LogP contribution in [0.2, 0.25) is 0 Å². The number of rotatable bonds is 20. The molecule has 0 aromatic rings. The van der Waals surface area contributed by atoms with Gasteiger partial charge in [-0.15, -0.1) is 0 Å². The summed E-state index contributed by atoms with van der Waals surface area (Å²) in [5.41, 5.74) is 0. The van der Waals surface area contributed by atoms with Crippen molar-refractivity contribution >= 4 is 5.97 Å². The maximum absolute atomic E-state index is 10.5. The summed E-state index contributed by atoms with van der Waals surface area (Å²) in [6.45, 7) is 3.83. The summed E-state index contributed by atoms with van der Waals surface area (Å²) in [7, 11) is 0. The Bertz CT molecular complexity index is 487. The van der Waals surface area contributed by atoms with Gasteiger partial charge in [-0.2, -0.15) is 0 Å². The second-order valence-corrected chi connectivity index (χ2v) is 9.95. The molecule has 7 heteroatoms. The number of hydrogen-bond donors (Lipinski definition) is 4. The second-order valence-electron chi connectivity index (χ2n) is 9.95. The van der Waals surface area contributed by atoms with Gasteiger partial charge in [0.1, 0.15) is 6.10 Å². The Morgan fingerprint density at radius 3 is 1.79 bits per heavy atom. The zero-order chi connectivity index (χ0) is 24.5. The van der Waals surface area contributed by atoms with Crippen LogP contribution in [0.4, 0.5) is 0 Å². The van der Waals surface area contributed by atoms with Crippen LogP contribution < -0.4 is 0 Å². The van der Waals surface area contributed by atoms with Gasteiger partial charge in [-0.25, -0.2) is 0 Å². The number of carboxylic acid groups (broad SMARTS) is 1. The number of aliphatic hydroxyl groups is 3. The largest absolute Gasteiger partial charge is 0.481 e. The van der Waals surface area contributed by atoms with Crippen LogP contribution in [-0.4, -0.2) is 63.2 Å². The molecule has 0 radical (unpaired) electrons. The summed E-state index contributed by atoms with van der Waals surface area (Å²) < 4.78 is 11.4. The van der Waals surface area contributed by atoms with Crippen LogP contribution in [0.1, 0.15) is 123 Å². The van der Waals surface area contributed by atoms with Gasteiger partial charge in [0.25, 0.3) is 0 Å². The predicted octanol–water partition coefficient (Wildman–Crippen LogP) is 4.94. The summed E-state index contributed by atoms with van der Waals surface area (Å²) in [5.74, 6) is -0.925. The average molecular weight is 475 g/mol. The Morgan fingerprint density at radius 2 is 1.30 bits per heavy atom. The Labute approximate surface area is 200 Å². The lowest BCUT2D eigenvalue weighted by Gasteiger charge is -2.36. The fourth-order valence-electron chi connectivity index (χ4n) is 4.42. The number of carbonyl (C=O) groups is 1. The first kappa shape index (κ1) is 30.3. The zero-order valence-electron chi connectivity index (χ0n) is 21.0. The molecule has 33 heavy (non-hydrogen) atoms. The van der Waals surface area contributed by atoms with Crippen molar-refractivity contribution in [3.8, 4) is 0 Å². The lowest BCUT2D eigenvalue weighted by molar-refractivity contribution is -0.273. The van der Waals surface area contributed by atoms with Crippen molar-refractivity contribution in [2.75, 3.05) is 0 Å². The number of ether oxygens (including phenoxy) is 2. The topological polar surface area (TPSA) is 116 Å². The highest BCUT2D eigenvalue weighted by Gasteiger charge is 2.35. The van der Waals surface area contributed by atoms with Gasteiger partial charge < -0.3 is 29.9 Å². The Balaban J connectivity index is 1.83. The van der Waals surface area contributed by atoms with Crippen molar-refractivity contribution in [3.63, 3.8) is 0 Å². The van der Waals surface area contributed by atoms with E-state index >= 15 is 0 Å². The fraction of sp³-hybridized carbons (Fsp3) is 0.962. The molecule has 0 saturated carbocycles. The molecular formula is C26H50O7. The predicted molar refractivity (Wildman–Crippen MR) is 129 cm³/mol. The molecule has 6 unspecified atom stereocenters. The van der Waals surface area contributed by atoms with Crippen molar-refractivity contribution in [1.29, 1.82) is 0 Å². The molecule has 0 aliphatic carbocycles. The molecule has 1 heterocycles. The summed E-state index contributed by atoms with van der Waals surface area (Å²) in [4.78, 5) is 10.5. The third-order valence-electron chi connectivity index (χ3n) is 6.61. The van der Waals surface area contributed by atoms with E-state index < -0.39 is 30.6 Å². The smallest absolute Gasteiger partial charge is 0.305 e. The Hall–Kier alpha value is -0.730. The highest BCUT2D eigenvalue weighted by atomic mass is 16.7. The fourth-order valence-corrected chi connectivity index (χ4v) is 4.42. The minimum atomic E-state index is -0.925. The number of carboxylic acids is 1. The lowest BCUT2D eigenvalue weighted by Crippen LogP contribution is -2.48. The Morgan fingerprint density at radius 1 is 0.848 bits per heavy atom. The van der Waals surface area contributed by atoms with Crippen molar-refractivity contribution in [2.45, 2.75) is 160 Å². The number of aliphatic carboxylic acids is 1. The molecule has 1 rings (SSSR count). The summed E-state index contributed by atoms with van der Waals surface area (Å²) in [6, 6.07) is 0. The van der Waals surface area contributed by atoms with Crippen LogP contribution in [0.5, 0.6) is 0 Å². The van der Waals surface area contributed by atoms with Gasteiger partial charge in [-0.3, -0.25) is 4.79 Å². The molecule has 0 bridgehead atoms. The molecule has 196 valence electrons. The molecule has 1 saturated heterocycles. The molecule has 6 atom stereocenters. The van der Waals surface area contributed by atoms with E-state index in [0.717, 1.165) is 25.7 Å². The van der Waals surface area contributed by atoms with Crippen molar-refractivity contribution in [1.82, 2.24) is 0 Å². The van der Waals surface area contributed by atoms with Crippen LogP contribution in [0, 0.1) is 0 Å². The first-order valence-electron chi connectivity index (χ1n) is 13.4. The Kier molecular flexibility index (Phi) is 17.1. The maximum Gasteiger partial charge on any atom is 0.305 e. The first-order valence-corrected chi connectivity index (χ1v) is 13.4. The molecule has 7 nitrogen and oxygen atoms in total. The van der Waals surface area contributed by atoms with E-state index in [-0.39, 0.29) is 18.6 Å². The molecule has 0 aromatic heterocycles. The van der Waals surface area contributed by atoms with E-state index in [4.69, 9.17) is 14.6 Å². The molecule has 0 spiro atoms. The van der Waals surface area contributed by atoms with Crippen LogP contribution >= 0.6 is 0 Å². The van der Waals surface area contributed by atoms with Gasteiger partial charge >= 0.3 is 5.97 Å². The van der Waals surface area contributed by atoms with Gasteiger partial charge in [0.15, 0.2) is 6.29 Å². The highest BCUT2D eigenvalue weighted by molar-refractivity contribution is 5.67. The zero-order valence-corrected chi connectivity index (χ0v) is 21.0. The van der Waals surface area contributed by atoms with E-state index in [1.54, 1.807) is 6.92 Å². The van der Waals surface area contributed by atoms with Gasteiger partial charge in [0, 0.05) is 6.42 Å². The van der Waals surface area contributed by atoms with E-state index in [1.165, 1.54) is 64.2 Å². The number of aliphatic hydroxyl groups excluding tert-OH is 3. The van der Waals surface area contributed by atoms with E-state index in [1.807, 2.05) is 6.92 Å². The van der Waals surface area contributed by atoms with Gasteiger partial charge in [-0.1, -0.05) is 83.5 Å². The van der Waals surface area contributed by atoms with E-state index in [2.05, 4.69) is 0 Å². The third-order valence-corrected chi connectivity index (χ3v) is 6.61. The van der Waals surface area contributed by atoms with E-state index in [0.29, 0.717) is 12.8 Å². The van der Waals surface area contributed by atoms with Crippen LogP contribution in [0.25, 0.3) is 0 Å². The van der Waals surface area contributed by atoms with Crippen LogP contribution in [-0.2, 0) is 14.3 Å². The minimum Gasteiger partial charge on any atom is -0.481 e. The average Bonchev–Trinajstić information content (AvgIpc) is 2.74.